The molecule has 78 valence electrons. The molecule has 2 atom stereocenters. The molecule has 2 nitrogen and oxygen atoms in total. The van der Waals surface area contributed by atoms with E-state index in [1.807, 2.05) is 0 Å². The molecule has 0 spiro atoms. The first-order valence-corrected chi connectivity index (χ1v) is 5.73. The van der Waals surface area contributed by atoms with Gasteiger partial charge in [0, 0.05) is 0 Å². The minimum absolute atomic E-state index is 0.711. The van der Waals surface area contributed by atoms with Crippen LogP contribution in [0.1, 0.15) is 39.0 Å². The second-order valence-electron chi connectivity index (χ2n) is 4.48. The first-order valence-electron chi connectivity index (χ1n) is 5.73. The topological polar surface area (TPSA) is 38.0 Å². The average molecular weight is 184 g/mol. The van der Waals surface area contributed by atoms with E-state index in [1.165, 1.54) is 45.2 Å². The summed E-state index contributed by atoms with van der Waals surface area (Å²) in [6.07, 6.45) is 6.87. The molecule has 1 saturated heterocycles. The Kier molecular flexibility index (Phi) is 5.40. The van der Waals surface area contributed by atoms with Gasteiger partial charge in [0.2, 0.25) is 0 Å². The monoisotopic (exact) mass is 184 g/mol. The van der Waals surface area contributed by atoms with Crippen LogP contribution in [-0.4, -0.2) is 19.6 Å². The van der Waals surface area contributed by atoms with Crippen molar-refractivity contribution in [2.24, 2.45) is 17.6 Å². The normalized spacial score (nSPS) is 26.8. The van der Waals surface area contributed by atoms with Crippen LogP contribution in [0, 0.1) is 11.8 Å². The van der Waals surface area contributed by atoms with Crippen LogP contribution in [0.3, 0.4) is 0 Å². The number of hydrogen-bond acceptors (Lipinski definition) is 2. The van der Waals surface area contributed by atoms with E-state index in [0.29, 0.717) is 5.92 Å². The SMILES string of the molecule is CC(CN)CCC1CCCCNC1. The highest BCUT2D eigenvalue weighted by atomic mass is 14.9. The fourth-order valence-electron chi connectivity index (χ4n) is 1.98. The van der Waals surface area contributed by atoms with Crippen LogP contribution in [0.5, 0.6) is 0 Å². The molecule has 3 N–H and O–H groups in total. The van der Waals surface area contributed by atoms with Gasteiger partial charge >= 0.3 is 0 Å². The molecule has 0 aromatic rings. The van der Waals surface area contributed by atoms with Crippen LogP contribution in [-0.2, 0) is 0 Å². The largest absolute Gasteiger partial charge is 0.330 e. The third kappa shape index (κ3) is 4.63. The zero-order chi connectivity index (χ0) is 9.52. The van der Waals surface area contributed by atoms with Crippen molar-refractivity contribution >= 4 is 0 Å². The van der Waals surface area contributed by atoms with Gasteiger partial charge in [0.05, 0.1) is 0 Å². The Labute approximate surface area is 82.3 Å². The lowest BCUT2D eigenvalue weighted by atomic mass is 9.93. The summed E-state index contributed by atoms with van der Waals surface area (Å²) in [5.74, 6) is 1.62. The molecule has 1 aliphatic heterocycles. The highest BCUT2D eigenvalue weighted by Gasteiger charge is 2.12. The Morgan fingerprint density at radius 3 is 3.08 bits per heavy atom. The maximum absolute atomic E-state index is 5.60. The molecule has 0 bridgehead atoms. The lowest BCUT2D eigenvalue weighted by Crippen LogP contribution is -2.21. The van der Waals surface area contributed by atoms with Crippen molar-refractivity contribution in [1.82, 2.24) is 5.32 Å². The summed E-state index contributed by atoms with van der Waals surface area (Å²) in [6.45, 7) is 5.56. The third-order valence-electron chi connectivity index (χ3n) is 3.12. The smallest absolute Gasteiger partial charge is 0.00205 e. The maximum Gasteiger partial charge on any atom is -0.00205 e. The van der Waals surface area contributed by atoms with Crippen molar-refractivity contribution in [3.8, 4) is 0 Å². The van der Waals surface area contributed by atoms with Crippen LogP contribution in [0.4, 0.5) is 0 Å². The van der Waals surface area contributed by atoms with E-state index in [9.17, 15) is 0 Å². The van der Waals surface area contributed by atoms with Gasteiger partial charge in [-0.15, -0.1) is 0 Å². The van der Waals surface area contributed by atoms with E-state index >= 15 is 0 Å². The summed E-state index contributed by atoms with van der Waals surface area (Å²) >= 11 is 0. The first kappa shape index (κ1) is 11.0. The molecule has 0 amide bonds. The molecule has 1 fully saturated rings. The van der Waals surface area contributed by atoms with E-state index in [-0.39, 0.29) is 0 Å². The van der Waals surface area contributed by atoms with E-state index < -0.39 is 0 Å². The Morgan fingerprint density at radius 2 is 2.31 bits per heavy atom. The number of nitrogens with one attached hydrogen (secondary N) is 1. The predicted octanol–water partition coefficient (Wildman–Crippen LogP) is 1.75. The van der Waals surface area contributed by atoms with Crippen LogP contribution in [0.15, 0.2) is 0 Å². The Bertz CT molecular complexity index is 117. The minimum atomic E-state index is 0.711. The summed E-state index contributed by atoms with van der Waals surface area (Å²) in [7, 11) is 0. The summed E-state index contributed by atoms with van der Waals surface area (Å²) in [5, 5.41) is 3.51. The van der Waals surface area contributed by atoms with Crippen LogP contribution < -0.4 is 11.1 Å². The number of hydrogen-bond donors (Lipinski definition) is 2. The second kappa shape index (κ2) is 6.39. The van der Waals surface area contributed by atoms with Crippen molar-refractivity contribution < 1.29 is 0 Å². The molecular weight excluding hydrogens is 160 g/mol. The van der Waals surface area contributed by atoms with E-state index in [1.54, 1.807) is 0 Å². The third-order valence-corrected chi connectivity index (χ3v) is 3.12. The van der Waals surface area contributed by atoms with Crippen LogP contribution in [0.2, 0.25) is 0 Å². The van der Waals surface area contributed by atoms with Gasteiger partial charge in [0.25, 0.3) is 0 Å². The minimum Gasteiger partial charge on any atom is -0.330 e. The van der Waals surface area contributed by atoms with Crippen molar-refractivity contribution in [3.05, 3.63) is 0 Å². The van der Waals surface area contributed by atoms with Crippen molar-refractivity contribution in [3.63, 3.8) is 0 Å². The van der Waals surface area contributed by atoms with Gasteiger partial charge in [-0.25, -0.2) is 0 Å². The van der Waals surface area contributed by atoms with Crippen molar-refractivity contribution in [2.75, 3.05) is 19.6 Å². The zero-order valence-corrected chi connectivity index (χ0v) is 8.89. The fourth-order valence-corrected chi connectivity index (χ4v) is 1.98. The lowest BCUT2D eigenvalue weighted by Gasteiger charge is -2.16. The average Bonchev–Trinajstić information content (AvgIpc) is 2.42. The van der Waals surface area contributed by atoms with Crippen LogP contribution in [0.25, 0.3) is 0 Å². The van der Waals surface area contributed by atoms with E-state index in [4.69, 9.17) is 5.73 Å². The van der Waals surface area contributed by atoms with Gasteiger partial charge in [-0.05, 0) is 57.2 Å². The Balaban J connectivity index is 2.11. The van der Waals surface area contributed by atoms with Gasteiger partial charge in [-0.2, -0.15) is 0 Å². The summed E-state index contributed by atoms with van der Waals surface area (Å²) in [6, 6.07) is 0. The quantitative estimate of drug-likeness (QED) is 0.698. The molecule has 1 heterocycles. The molecule has 13 heavy (non-hydrogen) atoms. The lowest BCUT2D eigenvalue weighted by molar-refractivity contribution is 0.390. The van der Waals surface area contributed by atoms with E-state index in [0.717, 1.165) is 12.5 Å². The molecule has 0 radical (unpaired) electrons. The Hall–Kier alpha value is -0.0800. The molecule has 2 heteroatoms. The van der Waals surface area contributed by atoms with Gasteiger partial charge in [0.1, 0.15) is 0 Å². The number of rotatable bonds is 4. The predicted molar refractivity (Wildman–Crippen MR) is 57.7 cm³/mol. The second-order valence-corrected chi connectivity index (χ2v) is 4.48. The van der Waals surface area contributed by atoms with Crippen molar-refractivity contribution in [2.45, 2.75) is 39.0 Å². The highest BCUT2D eigenvalue weighted by Crippen LogP contribution is 2.18. The van der Waals surface area contributed by atoms with Crippen molar-refractivity contribution in [1.29, 1.82) is 0 Å². The van der Waals surface area contributed by atoms with Gasteiger partial charge in [-0.3, -0.25) is 0 Å². The summed E-state index contributed by atoms with van der Waals surface area (Å²) in [5.41, 5.74) is 5.60. The summed E-state index contributed by atoms with van der Waals surface area (Å²) < 4.78 is 0. The highest BCUT2D eigenvalue weighted by molar-refractivity contribution is 4.68. The van der Waals surface area contributed by atoms with Gasteiger partial charge in [0.15, 0.2) is 0 Å². The standard InChI is InChI=1S/C11H24N2/c1-10(8-12)5-6-11-4-2-3-7-13-9-11/h10-11,13H,2-9,12H2,1H3. The molecule has 0 saturated carbocycles. The maximum atomic E-state index is 5.60. The fraction of sp³-hybridized carbons (Fsp3) is 1.00. The molecule has 2 unspecified atom stereocenters. The molecule has 0 aliphatic carbocycles. The summed E-state index contributed by atoms with van der Waals surface area (Å²) in [4.78, 5) is 0. The number of nitrogens with two attached hydrogens (primary N) is 1. The molecule has 1 rings (SSSR count). The molecule has 1 aliphatic rings. The Morgan fingerprint density at radius 1 is 1.46 bits per heavy atom. The zero-order valence-electron chi connectivity index (χ0n) is 8.89. The molecule has 0 aromatic heterocycles. The van der Waals surface area contributed by atoms with Crippen LogP contribution >= 0.6 is 0 Å². The van der Waals surface area contributed by atoms with E-state index in [2.05, 4.69) is 12.2 Å². The first-order chi connectivity index (χ1) is 6.33. The molecular formula is C11H24N2. The molecule has 0 aromatic carbocycles. The van der Waals surface area contributed by atoms with Gasteiger partial charge < -0.3 is 11.1 Å². The van der Waals surface area contributed by atoms with Gasteiger partial charge in [-0.1, -0.05) is 13.3 Å².